The number of hydrogen-bond acceptors (Lipinski definition) is 4. The predicted octanol–water partition coefficient (Wildman–Crippen LogP) is 7.18. The lowest BCUT2D eigenvalue weighted by molar-refractivity contribution is 0.0697. The second-order valence-electron chi connectivity index (χ2n) is 7.85. The SMILES string of the molecule is COc1ccc(N(c2ccc(C(=O)O)cc2)c2ccc(OC)c3ccccc23)c2ccccc12. The number of methoxy groups -OCH3 is 2. The van der Waals surface area contributed by atoms with Gasteiger partial charge in [-0.1, -0.05) is 48.5 Å². The normalized spacial score (nSPS) is 10.9. The van der Waals surface area contributed by atoms with E-state index in [4.69, 9.17) is 9.47 Å². The van der Waals surface area contributed by atoms with Gasteiger partial charge in [0.1, 0.15) is 11.5 Å². The number of carbonyl (C=O) groups is 1. The third-order valence-corrected chi connectivity index (χ3v) is 6.02. The quantitative estimate of drug-likeness (QED) is 0.298. The molecule has 0 bridgehead atoms. The van der Waals surface area contributed by atoms with E-state index in [-0.39, 0.29) is 5.56 Å². The molecule has 0 radical (unpaired) electrons. The summed E-state index contributed by atoms with van der Waals surface area (Å²) in [6.07, 6.45) is 0. The molecule has 0 atom stereocenters. The van der Waals surface area contributed by atoms with Crippen molar-refractivity contribution in [1.29, 1.82) is 0 Å². The molecule has 0 saturated heterocycles. The number of anilines is 3. The summed E-state index contributed by atoms with van der Waals surface area (Å²) in [4.78, 5) is 13.6. The highest BCUT2D eigenvalue weighted by atomic mass is 16.5. The molecule has 5 aromatic rings. The molecule has 0 heterocycles. The minimum Gasteiger partial charge on any atom is -0.496 e. The molecule has 0 aliphatic rings. The summed E-state index contributed by atoms with van der Waals surface area (Å²) in [7, 11) is 3.33. The fourth-order valence-electron chi connectivity index (χ4n) is 4.42. The number of carboxylic acids is 1. The molecule has 0 aliphatic heterocycles. The van der Waals surface area contributed by atoms with Crippen LogP contribution < -0.4 is 14.4 Å². The minimum atomic E-state index is -0.956. The van der Waals surface area contributed by atoms with Crippen LogP contribution in [0, 0.1) is 0 Å². The number of fused-ring (bicyclic) bond motifs is 2. The molecule has 5 heteroatoms. The summed E-state index contributed by atoms with van der Waals surface area (Å²) >= 11 is 0. The summed E-state index contributed by atoms with van der Waals surface area (Å²) in [6.45, 7) is 0. The molecule has 0 saturated carbocycles. The monoisotopic (exact) mass is 449 g/mol. The first-order chi connectivity index (χ1) is 16.6. The Balaban J connectivity index is 1.83. The molecule has 1 N–H and O–H groups in total. The maximum atomic E-state index is 11.5. The van der Waals surface area contributed by atoms with Gasteiger partial charge in [-0.05, 0) is 48.5 Å². The van der Waals surface area contributed by atoms with E-state index in [1.807, 2.05) is 72.8 Å². The molecule has 5 aromatic carbocycles. The lowest BCUT2D eigenvalue weighted by Crippen LogP contribution is -2.12. The largest absolute Gasteiger partial charge is 0.496 e. The Labute approximate surface area is 197 Å². The molecule has 0 aromatic heterocycles. The van der Waals surface area contributed by atoms with Crippen molar-refractivity contribution in [2.75, 3.05) is 19.1 Å². The average Bonchev–Trinajstić information content (AvgIpc) is 2.89. The molecule has 5 nitrogen and oxygen atoms in total. The van der Waals surface area contributed by atoms with E-state index >= 15 is 0 Å². The first-order valence-corrected chi connectivity index (χ1v) is 10.9. The van der Waals surface area contributed by atoms with Crippen LogP contribution in [0.2, 0.25) is 0 Å². The highest BCUT2D eigenvalue weighted by molar-refractivity contribution is 6.07. The number of aromatic carboxylic acids is 1. The van der Waals surface area contributed by atoms with Crippen molar-refractivity contribution in [1.82, 2.24) is 0 Å². The molecule has 0 spiro atoms. The number of rotatable bonds is 6. The fraction of sp³-hybridized carbons (Fsp3) is 0.0690. The van der Waals surface area contributed by atoms with Crippen LogP contribution in [0.5, 0.6) is 11.5 Å². The molecular weight excluding hydrogens is 426 g/mol. The fourth-order valence-corrected chi connectivity index (χ4v) is 4.42. The first-order valence-electron chi connectivity index (χ1n) is 10.9. The van der Waals surface area contributed by atoms with Gasteiger partial charge in [-0.25, -0.2) is 4.79 Å². The lowest BCUT2D eigenvalue weighted by Gasteiger charge is -2.29. The van der Waals surface area contributed by atoms with Gasteiger partial charge in [0.2, 0.25) is 0 Å². The van der Waals surface area contributed by atoms with Crippen LogP contribution in [0.4, 0.5) is 17.1 Å². The van der Waals surface area contributed by atoms with Gasteiger partial charge in [-0.3, -0.25) is 0 Å². The van der Waals surface area contributed by atoms with Crippen molar-refractivity contribution < 1.29 is 19.4 Å². The topological polar surface area (TPSA) is 59.0 Å². The molecule has 34 heavy (non-hydrogen) atoms. The van der Waals surface area contributed by atoms with E-state index in [1.165, 1.54) is 0 Å². The second kappa shape index (κ2) is 8.79. The van der Waals surface area contributed by atoms with Crippen molar-refractivity contribution in [2.45, 2.75) is 0 Å². The van der Waals surface area contributed by atoms with Crippen LogP contribution in [0.15, 0.2) is 97.1 Å². The van der Waals surface area contributed by atoms with Crippen molar-refractivity contribution in [3.05, 3.63) is 103 Å². The molecule has 5 rings (SSSR count). The van der Waals surface area contributed by atoms with Crippen molar-refractivity contribution in [2.24, 2.45) is 0 Å². The Kier molecular flexibility index (Phi) is 5.52. The van der Waals surface area contributed by atoms with Crippen LogP contribution in [0.1, 0.15) is 10.4 Å². The van der Waals surface area contributed by atoms with Gasteiger partial charge >= 0.3 is 5.97 Å². The minimum absolute atomic E-state index is 0.239. The van der Waals surface area contributed by atoms with E-state index < -0.39 is 5.97 Å². The Bertz CT molecular complexity index is 1420. The number of carboxylic acid groups (broad SMARTS) is 1. The number of nitrogens with zero attached hydrogens (tertiary/aromatic N) is 1. The molecule has 0 fully saturated rings. The molecule has 168 valence electrons. The Morgan fingerprint density at radius 3 is 1.47 bits per heavy atom. The van der Waals surface area contributed by atoms with Gasteiger partial charge in [0.05, 0.1) is 31.2 Å². The van der Waals surface area contributed by atoms with Gasteiger partial charge in [-0.15, -0.1) is 0 Å². The Hall–Kier alpha value is -4.51. The van der Waals surface area contributed by atoms with Crippen molar-refractivity contribution in [3.63, 3.8) is 0 Å². The lowest BCUT2D eigenvalue weighted by atomic mass is 10.0. The molecule has 0 amide bonds. The molecular formula is C29H23NO4. The van der Waals surface area contributed by atoms with E-state index in [9.17, 15) is 9.90 Å². The van der Waals surface area contributed by atoms with Gasteiger partial charge in [0, 0.05) is 27.2 Å². The maximum Gasteiger partial charge on any atom is 0.335 e. The summed E-state index contributed by atoms with van der Waals surface area (Å²) in [5, 5.41) is 13.4. The van der Waals surface area contributed by atoms with Gasteiger partial charge in [0.15, 0.2) is 0 Å². The maximum absolute atomic E-state index is 11.5. The van der Waals surface area contributed by atoms with Crippen LogP contribution in [0.3, 0.4) is 0 Å². The smallest absolute Gasteiger partial charge is 0.335 e. The Morgan fingerprint density at radius 2 is 1.06 bits per heavy atom. The highest BCUT2D eigenvalue weighted by Crippen LogP contribution is 2.45. The van der Waals surface area contributed by atoms with E-state index in [1.54, 1.807) is 26.4 Å². The Morgan fingerprint density at radius 1 is 0.618 bits per heavy atom. The number of ether oxygens (including phenoxy) is 2. The zero-order valence-corrected chi connectivity index (χ0v) is 18.9. The summed E-state index contributed by atoms with van der Waals surface area (Å²) in [6, 6.07) is 31.1. The van der Waals surface area contributed by atoms with E-state index in [0.29, 0.717) is 0 Å². The standard InChI is InChI=1S/C29H23NO4/c1-33-27-17-15-25(21-7-3-5-9-23(21)27)30(20-13-11-19(12-14-20)29(31)32)26-16-18-28(34-2)24-10-6-4-8-22(24)26/h3-18H,1-2H3,(H,31,32). The van der Waals surface area contributed by atoms with Crippen molar-refractivity contribution in [3.8, 4) is 11.5 Å². The van der Waals surface area contributed by atoms with Gasteiger partial charge < -0.3 is 19.5 Å². The van der Waals surface area contributed by atoms with Crippen LogP contribution >= 0.6 is 0 Å². The van der Waals surface area contributed by atoms with E-state index in [0.717, 1.165) is 50.1 Å². The number of hydrogen-bond donors (Lipinski definition) is 1. The predicted molar refractivity (Wildman–Crippen MR) is 136 cm³/mol. The van der Waals surface area contributed by atoms with Gasteiger partial charge in [0.25, 0.3) is 0 Å². The molecule has 0 aliphatic carbocycles. The van der Waals surface area contributed by atoms with Crippen LogP contribution in [-0.4, -0.2) is 25.3 Å². The highest BCUT2D eigenvalue weighted by Gasteiger charge is 2.20. The average molecular weight is 450 g/mol. The number of benzene rings is 5. The summed E-state index contributed by atoms with van der Waals surface area (Å²) in [5.74, 6) is 0.628. The molecule has 0 unspecified atom stereocenters. The van der Waals surface area contributed by atoms with Crippen LogP contribution in [0.25, 0.3) is 21.5 Å². The summed E-state index contributed by atoms with van der Waals surface area (Å²) in [5.41, 5.74) is 2.99. The van der Waals surface area contributed by atoms with Gasteiger partial charge in [-0.2, -0.15) is 0 Å². The van der Waals surface area contributed by atoms with Crippen LogP contribution in [-0.2, 0) is 0 Å². The summed E-state index contributed by atoms with van der Waals surface area (Å²) < 4.78 is 11.2. The zero-order chi connectivity index (χ0) is 23.7. The first kappa shape index (κ1) is 21.3. The third kappa shape index (κ3) is 3.57. The second-order valence-corrected chi connectivity index (χ2v) is 7.85. The van der Waals surface area contributed by atoms with E-state index in [2.05, 4.69) is 17.0 Å². The van der Waals surface area contributed by atoms with Crippen molar-refractivity contribution >= 4 is 44.6 Å². The zero-order valence-electron chi connectivity index (χ0n) is 18.9. The third-order valence-electron chi connectivity index (χ3n) is 6.02.